The van der Waals surface area contributed by atoms with Crippen molar-refractivity contribution in [3.8, 4) is 0 Å². The number of hydrogen-bond donors (Lipinski definition) is 0. The Morgan fingerprint density at radius 2 is 1.59 bits per heavy atom. The van der Waals surface area contributed by atoms with Crippen molar-refractivity contribution < 1.29 is 4.79 Å². The van der Waals surface area contributed by atoms with Crippen molar-refractivity contribution in [2.75, 3.05) is 0 Å². The van der Waals surface area contributed by atoms with Gasteiger partial charge < -0.3 is 0 Å². The summed E-state index contributed by atoms with van der Waals surface area (Å²) in [5, 5.41) is 1.31. The minimum absolute atomic E-state index is 0.0355. The molecular weight excluding hydrogens is 463 g/mol. The smallest absolute Gasteiger partial charge is 0.199 e. The molecule has 0 heterocycles. The second-order valence-corrected chi connectivity index (χ2v) is 8.55. The van der Waals surface area contributed by atoms with Gasteiger partial charge in [0.2, 0.25) is 0 Å². The first-order valence-electron chi connectivity index (χ1n) is 8.16. The van der Waals surface area contributed by atoms with Crippen LogP contribution in [0.2, 0.25) is 10.0 Å². The standard InChI is InChI=1S/C22H15BrCl2OS/c23-18-9-5-15(6-10-18)13-21(22(26)16-7-11-19(24)12-8-16)27-14-17-3-1-2-4-20(17)25/h1-13H,14H2/b21-13+. The van der Waals surface area contributed by atoms with Gasteiger partial charge in [0.1, 0.15) is 0 Å². The van der Waals surface area contributed by atoms with E-state index < -0.39 is 0 Å². The zero-order valence-corrected chi connectivity index (χ0v) is 18.1. The predicted octanol–water partition coefficient (Wildman–Crippen LogP) is 7.91. The average molecular weight is 478 g/mol. The highest BCUT2D eigenvalue weighted by Crippen LogP contribution is 2.30. The molecule has 136 valence electrons. The maximum Gasteiger partial charge on any atom is 0.199 e. The molecule has 3 rings (SSSR count). The Labute approximate surface area is 181 Å². The van der Waals surface area contributed by atoms with Crippen molar-refractivity contribution >= 4 is 62.8 Å². The van der Waals surface area contributed by atoms with Gasteiger partial charge in [0.25, 0.3) is 0 Å². The van der Waals surface area contributed by atoms with E-state index in [1.165, 1.54) is 11.8 Å². The fraction of sp³-hybridized carbons (Fsp3) is 0.0455. The zero-order chi connectivity index (χ0) is 19.2. The summed E-state index contributed by atoms with van der Waals surface area (Å²) in [6, 6.07) is 22.5. The van der Waals surface area contributed by atoms with Crippen LogP contribution >= 0.6 is 50.9 Å². The van der Waals surface area contributed by atoms with Crippen LogP contribution in [-0.2, 0) is 5.75 Å². The van der Waals surface area contributed by atoms with Gasteiger partial charge >= 0.3 is 0 Å². The molecule has 3 aromatic carbocycles. The van der Waals surface area contributed by atoms with Gasteiger partial charge in [0.05, 0.1) is 4.91 Å². The number of ketones is 1. The predicted molar refractivity (Wildman–Crippen MR) is 121 cm³/mol. The number of carbonyl (C=O) groups excluding carboxylic acids is 1. The van der Waals surface area contributed by atoms with Crippen LogP contribution in [0.4, 0.5) is 0 Å². The van der Waals surface area contributed by atoms with Crippen LogP contribution in [0.25, 0.3) is 6.08 Å². The van der Waals surface area contributed by atoms with Crippen molar-refractivity contribution in [1.82, 2.24) is 0 Å². The molecule has 0 unspecified atom stereocenters. The van der Waals surface area contributed by atoms with E-state index in [0.29, 0.717) is 26.3 Å². The molecule has 0 N–H and O–H groups in total. The summed E-state index contributed by atoms with van der Waals surface area (Å²) >= 11 is 17.1. The minimum Gasteiger partial charge on any atom is -0.288 e. The quantitative estimate of drug-likeness (QED) is 0.265. The SMILES string of the molecule is O=C(/C(=C\c1ccc(Br)cc1)SCc1ccccc1Cl)c1ccc(Cl)cc1. The van der Waals surface area contributed by atoms with E-state index in [4.69, 9.17) is 23.2 Å². The number of halogens is 3. The fourth-order valence-corrected chi connectivity index (χ4v) is 4.10. The third-order valence-electron chi connectivity index (χ3n) is 3.84. The summed E-state index contributed by atoms with van der Waals surface area (Å²) in [5.41, 5.74) is 2.56. The number of benzene rings is 3. The molecule has 3 aromatic rings. The van der Waals surface area contributed by atoms with Crippen LogP contribution in [0.5, 0.6) is 0 Å². The van der Waals surface area contributed by atoms with Gasteiger partial charge in [-0.3, -0.25) is 4.79 Å². The maximum atomic E-state index is 13.1. The highest BCUT2D eigenvalue weighted by atomic mass is 79.9. The monoisotopic (exact) mass is 476 g/mol. The topological polar surface area (TPSA) is 17.1 Å². The molecule has 0 aromatic heterocycles. The van der Waals surface area contributed by atoms with E-state index >= 15 is 0 Å². The Hall–Kier alpha value is -1.52. The number of rotatable bonds is 6. The second kappa shape index (κ2) is 9.61. The molecule has 0 amide bonds. The number of allylic oxidation sites excluding steroid dienone is 1. The first-order chi connectivity index (χ1) is 13.0. The van der Waals surface area contributed by atoms with Gasteiger partial charge in [-0.2, -0.15) is 0 Å². The van der Waals surface area contributed by atoms with Crippen molar-refractivity contribution in [1.29, 1.82) is 0 Å². The number of hydrogen-bond acceptors (Lipinski definition) is 2. The molecule has 0 aliphatic carbocycles. The van der Waals surface area contributed by atoms with Crippen LogP contribution in [0.1, 0.15) is 21.5 Å². The van der Waals surface area contributed by atoms with E-state index in [0.717, 1.165) is 15.6 Å². The molecule has 0 bridgehead atoms. The summed E-state index contributed by atoms with van der Waals surface area (Å²) in [6.45, 7) is 0. The van der Waals surface area contributed by atoms with Gasteiger partial charge in [-0.05, 0) is 59.7 Å². The summed E-state index contributed by atoms with van der Waals surface area (Å²) in [6.07, 6.45) is 1.91. The van der Waals surface area contributed by atoms with Crippen molar-refractivity contribution in [2.24, 2.45) is 0 Å². The Morgan fingerprint density at radius 3 is 2.26 bits per heavy atom. The molecule has 0 spiro atoms. The summed E-state index contributed by atoms with van der Waals surface area (Å²) in [4.78, 5) is 13.7. The zero-order valence-electron chi connectivity index (χ0n) is 14.2. The van der Waals surface area contributed by atoms with Crippen molar-refractivity contribution in [2.45, 2.75) is 5.75 Å². The molecule has 1 nitrogen and oxygen atoms in total. The van der Waals surface area contributed by atoms with Crippen LogP contribution in [-0.4, -0.2) is 5.78 Å². The van der Waals surface area contributed by atoms with E-state index in [1.54, 1.807) is 24.3 Å². The van der Waals surface area contributed by atoms with E-state index in [1.807, 2.05) is 54.6 Å². The molecule has 0 saturated carbocycles. The summed E-state index contributed by atoms with van der Waals surface area (Å²) in [5.74, 6) is 0.577. The molecule has 5 heteroatoms. The lowest BCUT2D eigenvalue weighted by Gasteiger charge is -2.09. The van der Waals surface area contributed by atoms with Crippen molar-refractivity contribution in [3.63, 3.8) is 0 Å². The third-order valence-corrected chi connectivity index (χ3v) is 6.06. The van der Waals surface area contributed by atoms with E-state index in [-0.39, 0.29) is 5.78 Å². The lowest BCUT2D eigenvalue weighted by Crippen LogP contribution is -2.01. The van der Waals surface area contributed by atoms with Crippen LogP contribution in [0, 0.1) is 0 Å². The minimum atomic E-state index is -0.0355. The number of Topliss-reactive ketones (excluding diaryl/α,β-unsaturated/α-hetero) is 1. The van der Waals surface area contributed by atoms with Gasteiger partial charge in [-0.15, -0.1) is 11.8 Å². The lowest BCUT2D eigenvalue weighted by molar-refractivity contribution is 0.104. The molecular formula is C22H15BrCl2OS. The Bertz CT molecular complexity index is 966. The van der Waals surface area contributed by atoms with Crippen LogP contribution in [0.3, 0.4) is 0 Å². The number of thioether (sulfide) groups is 1. The highest BCUT2D eigenvalue weighted by molar-refractivity contribution is 9.10. The summed E-state index contributed by atoms with van der Waals surface area (Å²) in [7, 11) is 0. The van der Waals surface area contributed by atoms with Crippen LogP contribution in [0.15, 0.2) is 82.2 Å². The molecule has 0 aliphatic heterocycles. The lowest BCUT2D eigenvalue weighted by atomic mass is 10.1. The third kappa shape index (κ3) is 5.73. The average Bonchev–Trinajstić information content (AvgIpc) is 2.68. The van der Waals surface area contributed by atoms with Gasteiger partial charge in [-0.25, -0.2) is 0 Å². The molecule has 27 heavy (non-hydrogen) atoms. The molecule has 0 saturated heterocycles. The van der Waals surface area contributed by atoms with E-state index in [2.05, 4.69) is 15.9 Å². The largest absolute Gasteiger partial charge is 0.288 e. The molecule has 0 aliphatic rings. The van der Waals surface area contributed by atoms with Gasteiger partial charge in [-0.1, -0.05) is 69.5 Å². The normalized spacial score (nSPS) is 11.4. The Kier molecular flexibility index (Phi) is 7.20. The first-order valence-corrected chi connectivity index (χ1v) is 10.7. The van der Waals surface area contributed by atoms with Gasteiger partial charge in [0.15, 0.2) is 5.78 Å². The molecule has 0 atom stereocenters. The molecule has 0 fully saturated rings. The second-order valence-electron chi connectivity index (χ2n) is 5.78. The number of carbonyl (C=O) groups is 1. The Balaban J connectivity index is 1.90. The molecule has 0 radical (unpaired) electrons. The summed E-state index contributed by atoms with van der Waals surface area (Å²) < 4.78 is 0.994. The van der Waals surface area contributed by atoms with Gasteiger partial charge in [0, 0.05) is 25.8 Å². The Morgan fingerprint density at radius 1 is 0.926 bits per heavy atom. The highest BCUT2D eigenvalue weighted by Gasteiger charge is 2.14. The fourth-order valence-electron chi connectivity index (χ4n) is 2.40. The maximum absolute atomic E-state index is 13.1. The van der Waals surface area contributed by atoms with Crippen molar-refractivity contribution in [3.05, 3.63) is 109 Å². The van der Waals surface area contributed by atoms with E-state index in [9.17, 15) is 4.79 Å². The van der Waals surface area contributed by atoms with Crippen LogP contribution < -0.4 is 0 Å². The first kappa shape index (κ1) is 20.2.